The molecule has 2 heteroatoms. The van der Waals surface area contributed by atoms with Crippen molar-refractivity contribution in [1.82, 2.24) is 0 Å². The Morgan fingerprint density at radius 2 is 2.05 bits per heavy atom. The Balaban J connectivity index is 2.42. The zero-order chi connectivity index (χ0) is 14.1. The first-order valence-corrected chi connectivity index (χ1v) is 6.97. The fraction of sp³-hybridized carbons (Fsp3) is 0.529. The Morgan fingerprint density at radius 3 is 2.74 bits per heavy atom. The fourth-order valence-electron chi connectivity index (χ4n) is 2.15. The molecule has 0 N–H and O–H groups in total. The van der Waals surface area contributed by atoms with Crippen LogP contribution in [0.4, 0.5) is 0 Å². The monoisotopic (exact) mass is 262 g/mol. The third-order valence-electron chi connectivity index (χ3n) is 3.20. The van der Waals surface area contributed by atoms with Crippen molar-refractivity contribution >= 4 is 6.08 Å². The average Bonchev–Trinajstić information content (AvgIpc) is 2.39. The van der Waals surface area contributed by atoms with Crippen LogP contribution in [0, 0.1) is 12.8 Å². The van der Waals surface area contributed by atoms with Crippen molar-refractivity contribution in [2.75, 3.05) is 20.8 Å². The fourth-order valence-corrected chi connectivity index (χ4v) is 2.15. The molecule has 0 aliphatic heterocycles. The van der Waals surface area contributed by atoms with E-state index in [-0.39, 0.29) is 0 Å². The quantitative estimate of drug-likeness (QED) is 0.643. The van der Waals surface area contributed by atoms with Gasteiger partial charge in [0.05, 0.1) is 7.11 Å². The van der Waals surface area contributed by atoms with E-state index in [4.69, 9.17) is 9.47 Å². The van der Waals surface area contributed by atoms with Crippen LogP contribution >= 0.6 is 0 Å². The van der Waals surface area contributed by atoms with Crippen LogP contribution in [0.3, 0.4) is 0 Å². The van der Waals surface area contributed by atoms with Crippen LogP contribution in [0.25, 0.3) is 6.08 Å². The highest BCUT2D eigenvalue weighted by atomic mass is 16.5. The van der Waals surface area contributed by atoms with Gasteiger partial charge in [-0.2, -0.15) is 0 Å². The van der Waals surface area contributed by atoms with Gasteiger partial charge in [-0.3, -0.25) is 0 Å². The second-order valence-electron chi connectivity index (χ2n) is 5.14. The lowest BCUT2D eigenvalue weighted by Gasteiger charge is -2.08. The van der Waals surface area contributed by atoms with Crippen molar-refractivity contribution < 1.29 is 9.47 Å². The summed E-state index contributed by atoms with van der Waals surface area (Å²) in [5.74, 6) is 1.58. The predicted octanol–water partition coefficient (Wildman–Crippen LogP) is 4.47. The number of benzene rings is 1. The van der Waals surface area contributed by atoms with E-state index in [9.17, 15) is 0 Å². The minimum absolute atomic E-state index is 0.645. The molecule has 1 rings (SSSR count). The van der Waals surface area contributed by atoms with Gasteiger partial charge >= 0.3 is 0 Å². The molecular formula is C17H26O2. The molecule has 0 aromatic heterocycles. The molecule has 2 nitrogen and oxygen atoms in total. The molecule has 0 bridgehead atoms. The van der Waals surface area contributed by atoms with Crippen molar-refractivity contribution in [3.8, 4) is 5.75 Å². The molecule has 0 unspecified atom stereocenters. The zero-order valence-electron chi connectivity index (χ0n) is 12.6. The van der Waals surface area contributed by atoms with Crippen molar-refractivity contribution in [3.63, 3.8) is 0 Å². The van der Waals surface area contributed by atoms with Gasteiger partial charge in [0.1, 0.15) is 5.75 Å². The van der Waals surface area contributed by atoms with Gasteiger partial charge in [-0.05, 0) is 44.2 Å². The summed E-state index contributed by atoms with van der Waals surface area (Å²) in [6.07, 6.45) is 7.91. The second kappa shape index (κ2) is 8.76. The van der Waals surface area contributed by atoms with Gasteiger partial charge in [-0.25, -0.2) is 0 Å². The first kappa shape index (κ1) is 15.8. The number of methoxy groups -OCH3 is 2. The summed E-state index contributed by atoms with van der Waals surface area (Å²) in [7, 11) is 3.48. The standard InChI is InChI=1S/C17H26O2/c1-14-10-11-17(19-4)16(12-14)9-7-5-6-8-15(2)13-18-3/h7,9-12,15H,5-6,8,13H2,1-4H3/b9-7+/t15-/m1/s1. The third kappa shape index (κ3) is 5.93. The number of aryl methyl sites for hydroxylation is 1. The van der Waals surface area contributed by atoms with E-state index in [1.165, 1.54) is 18.4 Å². The molecule has 0 spiro atoms. The van der Waals surface area contributed by atoms with Crippen LogP contribution in [-0.2, 0) is 4.74 Å². The SMILES string of the molecule is COC[C@H](C)CCC/C=C/c1cc(C)ccc1OC. The Kier molecular flexibility index (Phi) is 7.27. The average molecular weight is 262 g/mol. The Labute approximate surface area is 117 Å². The largest absolute Gasteiger partial charge is 0.496 e. The minimum Gasteiger partial charge on any atom is -0.496 e. The van der Waals surface area contributed by atoms with Gasteiger partial charge in [-0.15, -0.1) is 0 Å². The van der Waals surface area contributed by atoms with Gasteiger partial charge in [0.15, 0.2) is 0 Å². The van der Waals surface area contributed by atoms with Crippen LogP contribution in [0.15, 0.2) is 24.3 Å². The normalized spacial score (nSPS) is 12.8. The van der Waals surface area contributed by atoms with Gasteiger partial charge < -0.3 is 9.47 Å². The highest BCUT2D eigenvalue weighted by molar-refractivity contribution is 5.58. The van der Waals surface area contributed by atoms with Crippen molar-refractivity contribution in [2.24, 2.45) is 5.92 Å². The summed E-state index contributed by atoms with van der Waals surface area (Å²) < 4.78 is 10.5. The van der Waals surface area contributed by atoms with Gasteiger partial charge in [0.2, 0.25) is 0 Å². The number of allylic oxidation sites excluding steroid dienone is 1. The Hall–Kier alpha value is -1.28. The van der Waals surface area contributed by atoms with Crippen molar-refractivity contribution in [1.29, 1.82) is 0 Å². The van der Waals surface area contributed by atoms with Crippen LogP contribution in [-0.4, -0.2) is 20.8 Å². The number of hydrogen-bond donors (Lipinski definition) is 0. The predicted molar refractivity (Wildman–Crippen MR) is 81.7 cm³/mol. The van der Waals surface area contributed by atoms with Crippen molar-refractivity contribution in [3.05, 3.63) is 35.4 Å². The maximum Gasteiger partial charge on any atom is 0.126 e. The molecule has 1 aromatic rings. The first-order chi connectivity index (χ1) is 9.17. The second-order valence-corrected chi connectivity index (χ2v) is 5.14. The van der Waals surface area contributed by atoms with Gasteiger partial charge in [0.25, 0.3) is 0 Å². The number of unbranched alkanes of at least 4 members (excludes halogenated alkanes) is 1. The molecule has 19 heavy (non-hydrogen) atoms. The maximum atomic E-state index is 5.36. The first-order valence-electron chi connectivity index (χ1n) is 6.97. The Morgan fingerprint density at radius 1 is 1.26 bits per heavy atom. The molecule has 0 aliphatic carbocycles. The van der Waals surface area contributed by atoms with E-state index < -0.39 is 0 Å². The highest BCUT2D eigenvalue weighted by Crippen LogP contribution is 2.21. The maximum absolute atomic E-state index is 5.36. The number of ether oxygens (including phenoxy) is 2. The molecule has 0 radical (unpaired) electrons. The summed E-state index contributed by atoms with van der Waals surface area (Å²) in [6, 6.07) is 6.25. The summed E-state index contributed by atoms with van der Waals surface area (Å²) in [6.45, 7) is 5.19. The summed E-state index contributed by atoms with van der Waals surface area (Å²) in [5, 5.41) is 0. The van der Waals surface area contributed by atoms with E-state index in [0.717, 1.165) is 24.3 Å². The molecule has 1 atom stereocenters. The zero-order valence-corrected chi connectivity index (χ0v) is 12.6. The molecule has 0 heterocycles. The molecule has 0 amide bonds. The van der Waals surface area contributed by atoms with E-state index >= 15 is 0 Å². The van der Waals surface area contributed by atoms with Crippen LogP contribution in [0.2, 0.25) is 0 Å². The molecule has 0 fully saturated rings. The Bertz CT molecular complexity index is 396. The van der Waals surface area contributed by atoms with Crippen LogP contribution < -0.4 is 4.74 Å². The van der Waals surface area contributed by atoms with E-state index in [0.29, 0.717) is 5.92 Å². The molecule has 106 valence electrons. The van der Waals surface area contributed by atoms with E-state index in [2.05, 4.69) is 38.1 Å². The van der Waals surface area contributed by atoms with E-state index in [1.54, 1.807) is 14.2 Å². The lowest BCUT2D eigenvalue weighted by Crippen LogP contribution is -2.02. The lowest BCUT2D eigenvalue weighted by atomic mass is 10.0. The summed E-state index contributed by atoms with van der Waals surface area (Å²) in [4.78, 5) is 0. The smallest absolute Gasteiger partial charge is 0.126 e. The molecule has 0 saturated heterocycles. The molecular weight excluding hydrogens is 236 g/mol. The lowest BCUT2D eigenvalue weighted by molar-refractivity contribution is 0.155. The van der Waals surface area contributed by atoms with E-state index in [1.807, 2.05) is 6.07 Å². The number of hydrogen-bond acceptors (Lipinski definition) is 2. The number of rotatable bonds is 8. The molecule has 0 aliphatic rings. The highest BCUT2D eigenvalue weighted by Gasteiger charge is 2.01. The molecule has 0 saturated carbocycles. The third-order valence-corrected chi connectivity index (χ3v) is 3.20. The van der Waals surface area contributed by atoms with Gasteiger partial charge in [-0.1, -0.05) is 30.7 Å². The van der Waals surface area contributed by atoms with Crippen molar-refractivity contribution in [2.45, 2.75) is 33.1 Å². The minimum atomic E-state index is 0.645. The summed E-state index contributed by atoms with van der Waals surface area (Å²) >= 11 is 0. The summed E-state index contributed by atoms with van der Waals surface area (Å²) in [5.41, 5.74) is 2.42. The van der Waals surface area contributed by atoms with Crippen LogP contribution in [0.1, 0.15) is 37.3 Å². The van der Waals surface area contributed by atoms with Gasteiger partial charge in [0, 0.05) is 19.3 Å². The topological polar surface area (TPSA) is 18.5 Å². The van der Waals surface area contributed by atoms with Crippen LogP contribution in [0.5, 0.6) is 5.75 Å². The molecule has 1 aromatic carbocycles.